The fourth-order valence-electron chi connectivity index (χ4n) is 2.10. The lowest BCUT2D eigenvalue weighted by Crippen LogP contribution is -2.31. The van der Waals surface area contributed by atoms with E-state index in [-0.39, 0.29) is 21.7 Å². The van der Waals surface area contributed by atoms with Crippen LogP contribution < -0.4 is 0 Å². The summed E-state index contributed by atoms with van der Waals surface area (Å²) in [4.78, 5) is 12.1. The lowest BCUT2D eigenvalue weighted by Gasteiger charge is -2.20. The molecule has 0 fully saturated rings. The van der Waals surface area contributed by atoms with Gasteiger partial charge in [-0.15, -0.1) is 0 Å². The van der Waals surface area contributed by atoms with Crippen molar-refractivity contribution in [2.45, 2.75) is 25.4 Å². The van der Waals surface area contributed by atoms with Crippen LogP contribution in [0.3, 0.4) is 0 Å². The average molecular weight is 360 g/mol. The summed E-state index contributed by atoms with van der Waals surface area (Å²) in [6.45, 7) is 1.57. The Morgan fingerprint density at radius 1 is 1.26 bits per heavy atom. The third kappa shape index (κ3) is 7.68. The normalized spacial score (nSPS) is 14.3. The van der Waals surface area contributed by atoms with E-state index in [1.807, 2.05) is 30.3 Å². The average Bonchev–Trinajstić information content (AvgIpc) is 2.50. The maximum atomic E-state index is 12.1. The van der Waals surface area contributed by atoms with Gasteiger partial charge in [-0.25, -0.2) is 0 Å². The molecule has 6 nitrogen and oxygen atoms in total. The molecule has 1 rings (SSSR count). The van der Waals surface area contributed by atoms with Crippen LogP contribution in [-0.4, -0.2) is 39.5 Å². The summed E-state index contributed by atoms with van der Waals surface area (Å²) >= 11 is 0. The van der Waals surface area contributed by atoms with E-state index >= 15 is 0 Å². The van der Waals surface area contributed by atoms with Gasteiger partial charge in [0.05, 0.1) is 31.0 Å². The van der Waals surface area contributed by atoms with Crippen LogP contribution in [0.2, 0.25) is 0 Å². The van der Waals surface area contributed by atoms with Gasteiger partial charge in [0.25, 0.3) is 10.1 Å². The fraction of sp³-hybridized carbons (Fsp3) is 0.533. The summed E-state index contributed by atoms with van der Waals surface area (Å²) in [6, 6.07) is 9.54. The second-order valence-electron chi connectivity index (χ2n) is 5.04. The number of ether oxygens (including phenoxy) is 1. The van der Waals surface area contributed by atoms with Gasteiger partial charge in [-0.05, 0) is 25.3 Å². The molecule has 0 saturated carbocycles. The lowest BCUT2D eigenvalue weighted by molar-refractivity contribution is -0.148. The topological polar surface area (TPSA) is 86.7 Å². The van der Waals surface area contributed by atoms with Crippen molar-refractivity contribution >= 4 is 24.5 Å². The number of benzene rings is 1. The van der Waals surface area contributed by atoms with Crippen molar-refractivity contribution in [3.05, 3.63) is 35.9 Å². The molecule has 0 amide bonds. The first-order chi connectivity index (χ1) is 10.9. The number of hydrogen-bond donors (Lipinski definition) is 0. The van der Waals surface area contributed by atoms with Gasteiger partial charge in [-0.2, -0.15) is 8.42 Å². The predicted molar refractivity (Wildman–Crippen MR) is 87.1 cm³/mol. The maximum absolute atomic E-state index is 12.1. The number of carbonyl (C=O) groups excluding carboxylic acids is 1. The van der Waals surface area contributed by atoms with Crippen molar-refractivity contribution in [2.75, 3.05) is 19.5 Å². The van der Waals surface area contributed by atoms with E-state index in [9.17, 15) is 17.8 Å². The second kappa shape index (κ2) is 9.75. The number of esters is 1. The Hall–Kier alpha value is -1.30. The van der Waals surface area contributed by atoms with Crippen LogP contribution in [0.15, 0.2) is 30.3 Å². The molecule has 0 spiro atoms. The zero-order valence-electron chi connectivity index (χ0n) is 13.2. The quantitative estimate of drug-likeness (QED) is 0.362. The third-order valence-corrected chi connectivity index (χ3v) is 4.57. The van der Waals surface area contributed by atoms with E-state index in [1.165, 1.54) is 0 Å². The van der Waals surface area contributed by atoms with Crippen LogP contribution in [0.5, 0.6) is 0 Å². The Morgan fingerprint density at radius 2 is 1.91 bits per heavy atom. The van der Waals surface area contributed by atoms with Gasteiger partial charge in [0, 0.05) is 0 Å². The smallest absolute Gasteiger partial charge is 0.310 e. The monoisotopic (exact) mass is 360 g/mol. The van der Waals surface area contributed by atoms with E-state index in [2.05, 4.69) is 0 Å². The number of carbonyl (C=O) groups is 1. The first-order valence-corrected chi connectivity index (χ1v) is 9.94. The van der Waals surface area contributed by atoms with Crippen molar-refractivity contribution in [1.29, 1.82) is 0 Å². The molecule has 23 heavy (non-hydrogen) atoms. The second-order valence-corrected chi connectivity index (χ2v) is 7.56. The van der Waals surface area contributed by atoms with Crippen molar-refractivity contribution in [1.82, 2.24) is 0 Å². The Morgan fingerprint density at radius 3 is 2.43 bits per heavy atom. The zero-order chi connectivity index (χ0) is 17.3. The van der Waals surface area contributed by atoms with Crippen molar-refractivity contribution in [2.24, 2.45) is 5.92 Å². The largest absolute Gasteiger partial charge is 0.466 e. The standard InChI is InChI=1S/C15H21O6PS/c1-3-20-15(16)13(10-9-12-7-5-4-6-8-12)14(22-17)11-21-23(2,18)19/h4-8,13-14H,3,9-11H2,1-2H3. The zero-order valence-corrected chi connectivity index (χ0v) is 14.9. The van der Waals surface area contributed by atoms with Gasteiger partial charge in [0.2, 0.25) is 0 Å². The van der Waals surface area contributed by atoms with Crippen LogP contribution in [0, 0.1) is 5.92 Å². The number of aryl methyl sites for hydroxylation is 1. The molecule has 1 aromatic rings. The third-order valence-electron chi connectivity index (χ3n) is 3.23. The van der Waals surface area contributed by atoms with Gasteiger partial charge in [-0.3, -0.25) is 13.5 Å². The van der Waals surface area contributed by atoms with E-state index in [4.69, 9.17) is 8.92 Å². The molecule has 8 heteroatoms. The van der Waals surface area contributed by atoms with Crippen LogP contribution in [0.4, 0.5) is 0 Å². The Labute approximate surface area is 138 Å². The molecule has 1 aromatic carbocycles. The molecule has 0 bridgehead atoms. The van der Waals surface area contributed by atoms with Gasteiger partial charge in [0.15, 0.2) is 8.46 Å². The van der Waals surface area contributed by atoms with Crippen molar-refractivity contribution in [3.8, 4) is 0 Å². The summed E-state index contributed by atoms with van der Waals surface area (Å²) in [5, 5.41) is 0. The molecule has 2 atom stereocenters. The van der Waals surface area contributed by atoms with Crippen LogP contribution in [0.25, 0.3) is 0 Å². The van der Waals surface area contributed by atoms with E-state index < -0.39 is 27.7 Å². The number of hydrogen-bond acceptors (Lipinski definition) is 6. The first-order valence-electron chi connectivity index (χ1n) is 7.24. The summed E-state index contributed by atoms with van der Waals surface area (Å²) in [6.07, 6.45) is 1.90. The highest BCUT2D eigenvalue weighted by Gasteiger charge is 2.31. The van der Waals surface area contributed by atoms with E-state index in [0.29, 0.717) is 12.8 Å². The predicted octanol–water partition coefficient (Wildman–Crippen LogP) is 2.44. The van der Waals surface area contributed by atoms with Crippen molar-refractivity contribution < 1.29 is 26.7 Å². The molecule has 0 aliphatic heterocycles. The molecule has 0 heterocycles. The highest BCUT2D eigenvalue weighted by molar-refractivity contribution is 7.86. The molecule has 0 N–H and O–H groups in total. The highest BCUT2D eigenvalue weighted by Crippen LogP contribution is 2.25. The SMILES string of the molecule is CCOC(=O)C(CCc1ccccc1)C(COS(C)(=O)=O)P=O. The van der Waals surface area contributed by atoms with Gasteiger partial charge in [0.1, 0.15) is 0 Å². The van der Waals surface area contributed by atoms with Gasteiger partial charge in [-0.1, -0.05) is 30.3 Å². The molecule has 0 aromatic heterocycles. The molecule has 0 saturated heterocycles. The molecular formula is C15H21O6PS. The van der Waals surface area contributed by atoms with Crippen molar-refractivity contribution in [3.63, 3.8) is 0 Å². The summed E-state index contributed by atoms with van der Waals surface area (Å²) in [5.74, 6) is -1.19. The van der Waals surface area contributed by atoms with E-state index in [0.717, 1.165) is 11.8 Å². The molecule has 0 aliphatic carbocycles. The van der Waals surface area contributed by atoms with Gasteiger partial charge < -0.3 is 4.74 Å². The minimum Gasteiger partial charge on any atom is -0.466 e. The minimum atomic E-state index is -3.66. The molecule has 2 unspecified atom stereocenters. The minimum absolute atomic E-state index is 0.204. The summed E-state index contributed by atoms with van der Waals surface area (Å²) < 4.78 is 43.3. The van der Waals surface area contributed by atoms with Gasteiger partial charge >= 0.3 is 5.97 Å². The van der Waals surface area contributed by atoms with Crippen LogP contribution >= 0.6 is 8.46 Å². The number of rotatable bonds is 10. The first kappa shape index (κ1) is 19.7. The lowest BCUT2D eigenvalue weighted by atomic mass is 9.96. The van der Waals surface area contributed by atoms with Crippen LogP contribution in [-0.2, 0) is 34.8 Å². The summed E-state index contributed by atoms with van der Waals surface area (Å²) in [7, 11) is -4.01. The highest BCUT2D eigenvalue weighted by atomic mass is 32.2. The Kier molecular flexibility index (Phi) is 8.37. The van der Waals surface area contributed by atoms with E-state index in [1.54, 1.807) is 6.92 Å². The molecular weight excluding hydrogens is 339 g/mol. The van der Waals surface area contributed by atoms with Crippen LogP contribution in [0.1, 0.15) is 18.9 Å². The fourth-order valence-corrected chi connectivity index (χ4v) is 3.14. The Bertz CT molecular complexity index is 602. The molecule has 128 valence electrons. The maximum Gasteiger partial charge on any atom is 0.310 e. The molecule has 0 radical (unpaired) electrons. The molecule has 0 aliphatic rings. The summed E-state index contributed by atoms with van der Waals surface area (Å²) in [5.41, 5.74) is 0.264. The Balaban J connectivity index is 2.80.